The SMILES string of the molecule is c1ccc(-c2ccc(-n3c4ccccc4c4cc5c6ccccc6n(-c6ccc7c(c6)c6ccccc6n7-c6ccccc6)c5cc43)cc2)cc1.c1ccc(-c2ccc(-n3c4ccccc4c4cc5c6ccccc6n(-c6ccccc6)c5cc43)cc2)cc1.c1ccc(-n2c3ccccc3c3cc(-n4c5ccccc5c5cc6c7ccccc7n(-c7ccccc7)c6cc54)ccc32)cc1. The van der Waals surface area contributed by atoms with Gasteiger partial charge in [0.1, 0.15) is 0 Å². The molecule has 29 rings (SSSR count). The second-order valence-electron chi connectivity index (χ2n) is 35.1. The fourth-order valence-corrected chi connectivity index (χ4v) is 21.9. The maximum absolute atomic E-state index is 2.46. The van der Waals surface area contributed by atoms with Crippen LogP contribution in [0.2, 0.25) is 0 Å². The Kier molecular flexibility index (Phi) is 17.5. The maximum Gasteiger partial charge on any atom is 0.0562 e. The van der Waals surface area contributed by atoms with Crippen LogP contribution >= 0.6 is 0 Å². The Morgan fingerprint density at radius 2 is 0.231 bits per heavy atom. The molecule has 0 aliphatic heterocycles. The van der Waals surface area contributed by atoms with Gasteiger partial charge in [-0.15, -0.1) is 0 Å². The largest absolute Gasteiger partial charge is 0.309 e. The number of fused-ring (bicyclic) bond motifs is 24. The van der Waals surface area contributed by atoms with Gasteiger partial charge in [-0.2, -0.15) is 0 Å². The highest BCUT2D eigenvalue weighted by atomic mass is 15.1. The summed E-state index contributed by atoms with van der Waals surface area (Å²) in [6, 6.07) is 180. The Labute approximate surface area is 770 Å². The molecule has 0 fully saturated rings. The summed E-state index contributed by atoms with van der Waals surface area (Å²) in [5.41, 5.74) is 33.6. The molecule has 29 aromatic rings. The van der Waals surface area contributed by atoms with E-state index in [0.717, 1.165) is 22.7 Å². The Hall–Kier alpha value is -18.0. The van der Waals surface area contributed by atoms with E-state index in [0.29, 0.717) is 0 Å². The lowest BCUT2D eigenvalue weighted by atomic mass is 10.1. The van der Waals surface area contributed by atoms with Crippen molar-refractivity contribution in [2.75, 3.05) is 0 Å². The number of hydrogen-bond donors (Lipinski definition) is 0. The summed E-state index contributed by atoms with van der Waals surface area (Å²) in [4.78, 5) is 0. The first-order valence-corrected chi connectivity index (χ1v) is 46.0. The number of benzene rings is 21. The minimum absolute atomic E-state index is 1.15. The lowest BCUT2D eigenvalue weighted by molar-refractivity contribution is 1.16. The summed E-state index contributed by atoms with van der Waals surface area (Å²) in [6.07, 6.45) is 0. The number of aromatic nitrogens is 8. The molecule has 0 aliphatic carbocycles. The van der Waals surface area contributed by atoms with E-state index in [1.807, 2.05) is 0 Å². The highest BCUT2D eigenvalue weighted by molar-refractivity contribution is 6.24. The molecule has 0 spiro atoms. The van der Waals surface area contributed by atoms with Crippen LogP contribution in [0.25, 0.3) is 242 Å². The summed E-state index contributed by atoms with van der Waals surface area (Å²) >= 11 is 0. The third kappa shape index (κ3) is 12.0. The van der Waals surface area contributed by atoms with Crippen LogP contribution in [0.3, 0.4) is 0 Å². The van der Waals surface area contributed by atoms with E-state index < -0.39 is 0 Å². The van der Waals surface area contributed by atoms with Crippen LogP contribution in [0.4, 0.5) is 0 Å². The van der Waals surface area contributed by atoms with Gasteiger partial charge >= 0.3 is 0 Å². The normalized spacial score (nSPS) is 11.9. The van der Waals surface area contributed by atoms with Crippen molar-refractivity contribution in [3.05, 3.63) is 497 Å². The quantitative estimate of drug-likeness (QED) is 0.131. The molecule has 8 heterocycles. The minimum atomic E-state index is 1.15. The molecule has 0 bridgehead atoms. The Balaban J connectivity index is 0.000000103. The number of nitrogens with zero attached hydrogens (tertiary/aromatic N) is 8. The highest BCUT2D eigenvalue weighted by Gasteiger charge is 2.26. The van der Waals surface area contributed by atoms with Gasteiger partial charge in [-0.05, 0) is 216 Å². The molecular weight excluding hydrogens is 1630 g/mol. The van der Waals surface area contributed by atoms with E-state index in [-0.39, 0.29) is 0 Å². The van der Waals surface area contributed by atoms with Crippen molar-refractivity contribution in [3.8, 4) is 67.8 Å². The van der Waals surface area contributed by atoms with Crippen molar-refractivity contribution in [1.82, 2.24) is 36.5 Å². The van der Waals surface area contributed by atoms with Gasteiger partial charge in [0.15, 0.2) is 0 Å². The summed E-state index contributed by atoms with van der Waals surface area (Å²) in [7, 11) is 0. The number of rotatable bonds is 10. The van der Waals surface area contributed by atoms with Crippen molar-refractivity contribution < 1.29 is 0 Å². The molecule has 0 saturated heterocycles. The van der Waals surface area contributed by atoms with Crippen molar-refractivity contribution in [2.45, 2.75) is 0 Å². The lowest BCUT2D eigenvalue weighted by Gasteiger charge is -2.12. The third-order valence-corrected chi connectivity index (χ3v) is 27.7. The first-order chi connectivity index (χ1) is 66.5. The molecule has 0 atom stereocenters. The summed E-state index contributed by atoms with van der Waals surface area (Å²) in [5, 5.41) is 20.2. The smallest absolute Gasteiger partial charge is 0.0562 e. The van der Waals surface area contributed by atoms with Crippen LogP contribution in [0, 0.1) is 0 Å². The Morgan fingerprint density at radius 1 is 0.0821 bits per heavy atom. The fraction of sp³-hybridized carbons (Fsp3) is 0. The molecule has 0 aliphatic rings. The predicted octanol–water partition coefficient (Wildman–Crippen LogP) is 33.2. The number of para-hydroxylation sites is 12. The van der Waals surface area contributed by atoms with Crippen LogP contribution in [0.15, 0.2) is 497 Å². The topological polar surface area (TPSA) is 39.4 Å². The zero-order chi connectivity index (χ0) is 88.0. The molecule has 21 aromatic carbocycles. The van der Waals surface area contributed by atoms with Gasteiger partial charge in [-0.25, -0.2) is 0 Å². The molecule has 8 heteroatoms. The van der Waals surface area contributed by atoms with E-state index in [9.17, 15) is 0 Å². The van der Waals surface area contributed by atoms with Crippen molar-refractivity contribution in [1.29, 1.82) is 0 Å². The lowest BCUT2D eigenvalue weighted by Crippen LogP contribution is -1.96. The molecule has 8 aromatic heterocycles. The first kappa shape index (κ1) is 76.1. The van der Waals surface area contributed by atoms with Gasteiger partial charge < -0.3 is 36.5 Å². The fourth-order valence-electron chi connectivity index (χ4n) is 21.9. The molecule has 134 heavy (non-hydrogen) atoms. The Bertz CT molecular complexity index is 9710. The Morgan fingerprint density at radius 3 is 0.455 bits per heavy atom. The van der Waals surface area contributed by atoms with E-state index in [1.165, 1.54) is 219 Å². The van der Waals surface area contributed by atoms with Crippen molar-refractivity contribution >= 4 is 174 Å². The van der Waals surface area contributed by atoms with E-state index >= 15 is 0 Å². The molecule has 0 radical (unpaired) electrons. The van der Waals surface area contributed by atoms with Crippen LogP contribution in [0.1, 0.15) is 0 Å². The van der Waals surface area contributed by atoms with E-state index in [1.54, 1.807) is 0 Å². The van der Waals surface area contributed by atoms with Gasteiger partial charge in [0, 0.05) is 132 Å². The summed E-state index contributed by atoms with van der Waals surface area (Å²) in [5.74, 6) is 0. The van der Waals surface area contributed by atoms with Crippen molar-refractivity contribution in [3.63, 3.8) is 0 Å². The average molecular weight is 1710 g/mol. The summed E-state index contributed by atoms with van der Waals surface area (Å²) in [6.45, 7) is 0. The number of hydrogen-bond acceptors (Lipinski definition) is 0. The van der Waals surface area contributed by atoms with Gasteiger partial charge in [0.2, 0.25) is 0 Å². The predicted molar refractivity (Wildman–Crippen MR) is 565 cm³/mol. The van der Waals surface area contributed by atoms with Crippen LogP contribution in [-0.2, 0) is 0 Å². The van der Waals surface area contributed by atoms with Gasteiger partial charge in [0.25, 0.3) is 0 Å². The third-order valence-electron chi connectivity index (χ3n) is 27.7. The molecule has 0 amide bonds. The molecule has 0 saturated carbocycles. The van der Waals surface area contributed by atoms with E-state index in [4.69, 9.17) is 0 Å². The zero-order valence-corrected chi connectivity index (χ0v) is 72.9. The molecule has 0 unspecified atom stereocenters. The van der Waals surface area contributed by atoms with Crippen LogP contribution < -0.4 is 0 Å². The maximum atomic E-state index is 2.46. The first-order valence-electron chi connectivity index (χ1n) is 46.0. The second kappa shape index (κ2) is 30.9. The standard InChI is InChI=1S/C48H31N3.C42H27N3.C36H24N2/c1-3-13-32(14-4-1)33-23-25-35(26-24-33)50-44-21-11-8-18-38(44)41-30-42-39-19-9-12-22-45(39)51(48(42)31-47(41)50)36-27-28-46-40(29-36)37-17-7-10-20-43(37)49(46)34-15-5-2-6-16-34;1-3-13-28(14-4-1)43-37-20-10-7-17-31(37)34-25-30(23-24-40(34)43)45-39-22-12-9-19-33(39)36-26-35-32-18-8-11-21-38(32)44(41(35)27-42(36)45)29-15-5-2-6-16-29;1-3-11-25(12-4-1)26-19-21-28(22-20-26)38-34-18-10-8-16-30(34)32-23-31-29-15-7-9-17-33(29)37(35(31)24-36(32)38)27-13-5-2-6-14-27/h1-31H;1-27H;1-24H. The molecular formula is C126H82N8. The van der Waals surface area contributed by atoms with Gasteiger partial charge in [-0.3, -0.25) is 0 Å². The average Bonchev–Trinajstić information content (AvgIpc) is 1.56. The van der Waals surface area contributed by atoms with Crippen LogP contribution in [0.5, 0.6) is 0 Å². The molecule has 626 valence electrons. The van der Waals surface area contributed by atoms with Crippen LogP contribution in [-0.4, -0.2) is 36.5 Å². The monoisotopic (exact) mass is 1710 g/mol. The zero-order valence-electron chi connectivity index (χ0n) is 72.9. The highest BCUT2D eigenvalue weighted by Crippen LogP contribution is 2.47. The van der Waals surface area contributed by atoms with Crippen molar-refractivity contribution in [2.24, 2.45) is 0 Å². The second-order valence-corrected chi connectivity index (χ2v) is 35.1. The molecule has 8 nitrogen and oxygen atoms in total. The molecule has 0 N–H and O–H groups in total. The van der Waals surface area contributed by atoms with Gasteiger partial charge in [0.05, 0.1) is 88.3 Å². The van der Waals surface area contributed by atoms with E-state index in [2.05, 4.69) is 534 Å². The minimum Gasteiger partial charge on any atom is -0.309 e. The summed E-state index contributed by atoms with van der Waals surface area (Å²) < 4.78 is 19.3. The van der Waals surface area contributed by atoms with Gasteiger partial charge in [-0.1, -0.05) is 303 Å².